The molecule has 0 saturated heterocycles. The van der Waals surface area contributed by atoms with Gasteiger partial charge in [0.2, 0.25) is 5.88 Å². The first-order valence-electron chi connectivity index (χ1n) is 9.60. The van der Waals surface area contributed by atoms with Gasteiger partial charge in [-0.05, 0) is 72.5 Å². The molecule has 2 aliphatic rings. The van der Waals surface area contributed by atoms with Gasteiger partial charge >= 0.3 is 0 Å². The molecular weight excluding hydrogens is 370 g/mol. The first-order chi connectivity index (χ1) is 13.6. The topological polar surface area (TPSA) is 29.5 Å². The maximum Gasteiger partial charge on any atom is 0.252 e. The van der Waals surface area contributed by atoms with E-state index in [9.17, 15) is 4.79 Å². The standard InChI is InChI=1S/C24H22ClNO2/c1-3-26(4-2)24-20-13-12-17(16-8-7-9-18(14-16)23(25)27)15-21(20)19-10-5-6-11-22(19)28-24/h5-9,11-15H,3-4,10H2,1-2H3. The largest absolute Gasteiger partial charge is 0.440 e. The third-order valence-corrected chi connectivity index (χ3v) is 5.48. The third kappa shape index (κ3) is 3.27. The molecule has 0 bridgehead atoms. The highest BCUT2D eigenvalue weighted by atomic mass is 35.5. The molecule has 0 fully saturated rings. The summed E-state index contributed by atoms with van der Waals surface area (Å²) in [5, 5.41) is 1.85. The van der Waals surface area contributed by atoms with Crippen molar-refractivity contribution < 1.29 is 9.53 Å². The van der Waals surface area contributed by atoms with Gasteiger partial charge in [0.1, 0.15) is 5.76 Å². The Morgan fingerprint density at radius 1 is 1.07 bits per heavy atom. The van der Waals surface area contributed by atoms with E-state index in [-0.39, 0.29) is 0 Å². The minimum Gasteiger partial charge on any atom is -0.440 e. The highest BCUT2D eigenvalue weighted by Gasteiger charge is 2.21. The number of halogens is 1. The molecule has 0 radical (unpaired) electrons. The Hall–Kier alpha value is -2.78. The van der Waals surface area contributed by atoms with Gasteiger partial charge in [-0.2, -0.15) is 0 Å². The molecule has 0 spiro atoms. The van der Waals surface area contributed by atoms with Crippen LogP contribution in [0.4, 0.5) is 0 Å². The summed E-state index contributed by atoms with van der Waals surface area (Å²) in [4.78, 5) is 13.8. The average molecular weight is 392 g/mol. The van der Waals surface area contributed by atoms with Crippen molar-refractivity contribution in [2.45, 2.75) is 20.3 Å². The number of ether oxygens (including phenoxy) is 1. The van der Waals surface area contributed by atoms with Crippen molar-refractivity contribution in [1.82, 2.24) is 4.90 Å². The zero-order valence-corrected chi connectivity index (χ0v) is 16.8. The zero-order chi connectivity index (χ0) is 19.7. The normalized spacial score (nSPS) is 14.8. The van der Waals surface area contributed by atoms with E-state index < -0.39 is 5.24 Å². The monoisotopic (exact) mass is 391 g/mol. The van der Waals surface area contributed by atoms with Gasteiger partial charge in [0.15, 0.2) is 0 Å². The molecule has 0 amide bonds. The summed E-state index contributed by atoms with van der Waals surface area (Å²) < 4.78 is 6.31. The van der Waals surface area contributed by atoms with E-state index in [0.717, 1.165) is 47.5 Å². The molecular formula is C24H22ClNO2. The van der Waals surface area contributed by atoms with Crippen LogP contribution in [0.25, 0.3) is 22.6 Å². The molecule has 2 aromatic carbocycles. The van der Waals surface area contributed by atoms with Crippen LogP contribution in [-0.2, 0) is 4.74 Å². The van der Waals surface area contributed by atoms with Crippen LogP contribution in [-0.4, -0.2) is 23.2 Å². The van der Waals surface area contributed by atoms with Crippen LogP contribution in [0.15, 0.2) is 66.5 Å². The van der Waals surface area contributed by atoms with E-state index in [1.807, 2.05) is 30.4 Å². The van der Waals surface area contributed by atoms with Crippen molar-refractivity contribution in [2.75, 3.05) is 13.1 Å². The van der Waals surface area contributed by atoms with Gasteiger partial charge in [-0.25, -0.2) is 0 Å². The lowest BCUT2D eigenvalue weighted by Crippen LogP contribution is -2.40. The maximum absolute atomic E-state index is 11.6. The molecule has 0 unspecified atom stereocenters. The van der Waals surface area contributed by atoms with E-state index in [4.69, 9.17) is 16.3 Å². The Morgan fingerprint density at radius 3 is 2.61 bits per heavy atom. The first kappa shape index (κ1) is 18.6. The first-order valence-corrected chi connectivity index (χ1v) is 9.98. The fourth-order valence-corrected chi connectivity index (χ4v) is 3.88. The Morgan fingerprint density at radius 2 is 1.86 bits per heavy atom. The van der Waals surface area contributed by atoms with Crippen molar-refractivity contribution in [3.63, 3.8) is 0 Å². The van der Waals surface area contributed by atoms with Gasteiger partial charge in [0.05, 0.1) is 0 Å². The van der Waals surface area contributed by atoms with Crippen LogP contribution >= 0.6 is 11.6 Å². The van der Waals surface area contributed by atoms with E-state index in [1.165, 1.54) is 10.8 Å². The lowest BCUT2D eigenvalue weighted by atomic mass is 9.96. The predicted octanol–water partition coefficient (Wildman–Crippen LogP) is 4.16. The lowest BCUT2D eigenvalue weighted by Gasteiger charge is -2.29. The van der Waals surface area contributed by atoms with Crippen molar-refractivity contribution in [3.05, 3.63) is 82.5 Å². The smallest absolute Gasteiger partial charge is 0.252 e. The average Bonchev–Trinajstić information content (AvgIpc) is 2.74. The van der Waals surface area contributed by atoms with Gasteiger partial charge in [-0.1, -0.05) is 36.4 Å². The molecule has 28 heavy (non-hydrogen) atoms. The summed E-state index contributed by atoms with van der Waals surface area (Å²) in [5.74, 6) is 1.82. The van der Waals surface area contributed by atoms with Crippen molar-refractivity contribution in [1.29, 1.82) is 0 Å². The Bertz CT molecular complexity index is 1120. The molecule has 0 aromatic heterocycles. The van der Waals surface area contributed by atoms with Crippen molar-refractivity contribution in [2.24, 2.45) is 0 Å². The van der Waals surface area contributed by atoms with Crippen molar-refractivity contribution in [3.8, 4) is 11.1 Å². The molecule has 3 nitrogen and oxygen atoms in total. The highest BCUT2D eigenvalue weighted by molar-refractivity contribution is 6.67. The number of hydrogen-bond acceptors (Lipinski definition) is 3. The fourth-order valence-electron chi connectivity index (χ4n) is 3.77. The SMILES string of the molecule is CCN(CC)C1=c2ccc(-c3cccc(C(=O)Cl)c3)cc2=C2CC=CC=C2O1. The number of carbonyl (C=O) groups excluding carboxylic acids is 1. The number of benzene rings is 2. The van der Waals surface area contributed by atoms with Crippen LogP contribution in [0.3, 0.4) is 0 Å². The minimum atomic E-state index is -0.442. The number of rotatable bonds is 5. The number of fused-ring (bicyclic) bond motifs is 2. The zero-order valence-electron chi connectivity index (χ0n) is 16.0. The second-order valence-corrected chi connectivity index (χ2v) is 7.18. The molecule has 0 N–H and O–H groups in total. The summed E-state index contributed by atoms with van der Waals surface area (Å²) in [5.41, 5.74) is 3.73. The highest BCUT2D eigenvalue weighted by Crippen LogP contribution is 2.27. The molecule has 0 atom stereocenters. The fraction of sp³-hybridized carbons (Fsp3) is 0.208. The lowest BCUT2D eigenvalue weighted by molar-refractivity contribution is 0.108. The molecule has 142 valence electrons. The molecule has 1 heterocycles. The molecule has 1 aliphatic carbocycles. The van der Waals surface area contributed by atoms with Crippen LogP contribution in [0.1, 0.15) is 30.6 Å². The van der Waals surface area contributed by atoms with Gasteiger partial charge < -0.3 is 9.64 Å². The summed E-state index contributed by atoms with van der Waals surface area (Å²) in [6, 6.07) is 13.8. The van der Waals surface area contributed by atoms with E-state index in [2.05, 4.69) is 43.0 Å². The number of nitrogens with zero attached hydrogens (tertiary/aromatic N) is 1. The van der Waals surface area contributed by atoms with E-state index in [0.29, 0.717) is 5.56 Å². The van der Waals surface area contributed by atoms with Crippen molar-refractivity contribution >= 4 is 28.3 Å². The van der Waals surface area contributed by atoms with Crippen LogP contribution in [0, 0.1) is 0 Å². The molecule has 0 saturated carbocycles. The molecule has 1 aliphatic heterocycles. The number of carbonyl (C=O) groups is 1. The number of allylic oxidation sites excluding steroid dienone is 4. The molecule has 4 rings (SSSR count). The predicted molar refractivity (Wildman–Crippen MR) is 114 cm³/mol. The Labute approximate surface area is 169 Å². The van der Waals surface area contributed by atoms with Gasteiger partial charge in [-0.3, -0.25) is 4.79 Å². The van der Waals surface area contributed by atoms with Crippen LogP contribution in [0.2, 0.25) is 0 Å². The van der Waals surface area contributed by atoms with Crippen LogP contribution in [0.5, 0.6) is 0 Å². The summed E-state index contributed by atoms with van der Waals surface area (Å²) in [7, 11) is 0. The summed E-state index contributed by atoms with van der Waals surface area (Å²) in [6.07, 6.45) is 7.07. The molecule has 4 heteroatoms. The number of hydrogen-bond donors (Lipinski definition) is 0. The van der Waals surface area contributed by atoms with Gasteiger partial charge in [0.25, 0.3) is 5.24 Å². The minimum absolute atomic E-state index is 0.442. The third-order valence-electron chi connectivity index (χ3n) is 5.26. The second-order valence-electron chi connectivity index (χ2n) is 6.84. The summed E-state index contributed by atoms with van der Waals surface area (Å²) >= 11 is 5.67. The maximum atomic E-state index is 11.6. The molecule has 2 aromatic rings. The van der Waals surface area contributed by atoms with Gasteiger partial charge in [-0.15, -0.1) is 0 Å². The van der Waals surface area contributed by atoms with E-state index >= 15 is 0 Å². The Balaban J connectivity index is 1.97. The van der Waals surface area contributed by atoms with E-state index in [1.54, 1.807) is 6.07 Å². The summed E-state index contributed by atoms with van der Waals surface area (Å²) in [6.45, 7) is 6.03. The van der Waals surface area contributed by atoms with Gasteiger partial charge in [0, 0.05) is 29.4 Å². The van der Waals surface area contributed by atoms with Crippen LogP contribution < -0.4 is 10.4 Å². The second kappa shape index (κ2) is 7.69. The Kier molecular flexibility index (Phi) is 5.10. The quantitative estimate of drug-likeness (QED) is 0.716.